The van der Waals surface area contributed by atoms with Crippen LogP contribution in [-0.2, 0) is 6.42 Å². The molecule has 0 aliphatic rings. The Bertz CT molecular complexity index is 1250. The molecule has 0 fully saturated rings. The van der Waals surface area contributed by atoms with E-state index in [1.54, 1.807) is 14.2 Å². The van der Waals surface area contributed by atoms with Gasteiger partial charge in [-0.25, -0.2) is 4.98 Å². The summed E-state index contributed by atoms with van der Waals surface area (Å²) in [5.74, 6) is 1.25. The van der Waals surface area contributed by atoms with Crippen molar-refractivity contribution in [2.24, 2.45) is 0 Å². The molecule has 1 amide bonds. The van der Waals surface area contributed by atoms with E-state index in [1.807, 2.05) is 37.3 Å². The molecule has 0 aliphatic heterocycles. The number of hydrogen-bond acceptors (Lipinski definition) is 6. The first kappa shape index (κ1) is 21.6. The first-order valence-electron chi connectivity index (χ1n) is 10.3. The van der Waals surface area contributed by atoms with E-state index in [4.69, 9.17) is 9.47 Å². The Hall–Kier alpha value is -3.58. The number of carbonyl (C=O) groups is 1. The van der Waals surface area contributed by atoms with Gasteiger partial charge in [0.25, 0.3) is 5.91 Å². The van der Waals surface area contributed by atoms with Crippen molar-refractivity contribution in [2.45, 2.75) is 13.3 Å². The monoisotopic (exact) mass is 447 g/mol. The highest BCUT2D eigenvalue weighted by Crippen LogP contribution is 2.33. The third-order valence-corrected chi connectivity index (χ3v) is 6.24. The van der Waals surface area contributed by atoms with Crippen molar-refractivity contribution >= 4 is 38.8 Å². The summed E-state index contributed by atoms with van der Waals surface area (Å²) in [4.78, 5) is 17.8. The maximum Gasteiger partial charge on any atom is 0.263 e. The molecular weight excluding hydrogens is 422 g/mol. The summed E-state index contributed by atoms with van der Waals surface area (Å²) in [6, 6.07) is 20.1. The summed E-state index contributed by atoms with van der Waals surface area (Å²) in [5, 5.41) is 9.29. The Labute approximate surface area is 191 Å². The molecule has 4 aromatic rings. The fourth-order valence-corrected chi connectivity index (χ4v) is 4.38. The second kappa shape index (κ2) is 9.70. The Morgan fingerprint density at radius 3 is 2.59 bits per heavy atom. The standard InChI is InChI=1S/C25H25N3O3S/c1-16-23(32-25(27-16)28-21-15-20(30-2)10-11-22(21)31-3)24(29)26-13-12-17-8-9-18-6-4-5-7-19(18)14-17/h4-11,14-15H,12-13H2,1-3H3,(H,26,29)(H,27,28). The van der Waals surface area contributed by atoms with Gasteiger partial charge in [0.05, 0.1) is 25.6 Å². The predicted octanol–water partition coefficient (Wildman–Crippen LogP) is 5.34. The summed E-state index contributed by atoms with van der Waals surface area (Å²) in [6.07, 6.45) is 0.764. The second-order valence-electron chi connectivity index (χ2n) is 7.31. The topological polar surface area (TPSA) is 72.5 Å². The highest BCUT2D eigenvalue weighted by atomic mass is 32.1. The molecule has 0 radical (unpaired) electrons. The van der Waals surface area contributed by atoms with Crippen molar-refractivity contribution < 1.29 is 14.3 Å². The number of fused-ring (bicyclic) bond motifs is 1. The van der Waals surface area contributed by atoms with Gasteiger partial charge in [-0.3, -0.25) is 4.79 Å². The van der Waals surface area contributed by atoms with Gasteiger partial charge in [0, 0.05) is 12.6 Å². The van der Waals surface area contributed by atoms with Crippen molar-refractivity contribution in [1.29, 1.82) is 0 Å². The van der Waals surface area contributed by atoms with Crippen LogP contribution in [-0.4, -0.2) is 31.7 Å². The zero-order valence-electron chi connectivity index (χ0n) is 18.3. The molecule has 1 aromatic heterocycles. The van der Waals surface area contributed by atoms with E-state index < -0.39 is 0 Å². The van der Waals surface area contributed by atoms with E-state index in [9.17, 15) is 4.79 Å². The lowest BCUT2D eigenvalue weighted by atomic mass is 10.1. The molecule has 2 N–H and O–H groups in total. The van der Waals surface area contributed by atoms with Gasteiger partial charge in [-0.05, 0) is 41.8 Å². The zero-order valence-corrected chi connectivity index (χ0v) is 19.1. The maximum atomic E-state index is 12.7. The minimum Gasteiger partial charge on any atom is -0.497 e. The van der Waals surface area contributed by atoms with Gasteiger partial charge >= 0.3 is 0 Å². The summed E-state index contributed by atoms with van der Waals surface area (Å²) in [5.41, 5.74) is 2.60. The molecule has 0 saturated heterocycles. The van der Waals surface area contributed by atoms with E-state index in [-0.39, 0.29) is 5.91 Å². The van der Waals surface area contributed by atoms with Crippen molar-refractivity contribution in [1.82, 2.24) is 10.3 Å². The Morgan fingerprint density at radius 2 is 1.81 bits per heavy atom. The van der Waals surface area contributed by atoms with Gasteiger partial charge in [-0.1, -0.05) is 53.8 Å². The molecule has 4 rings (SSSR count). The minimum absolute atomic E-state index is 0.119. The van der Waals surface area contributed by atoms with E-state index in [1.165, 1.54) is 27.7 Å². The number of nitrogens with one attached hydrogen (secondary N) is 2. The number of rotatable bonds is 8. The van der Waals surface area contributed by atoms with Crippen LogP contribution in [0.1, 0.15) is 20.9 Å². The normalized spacial score (nSPS) is 10.7. The molecule has 32 heavy (non-hydrogen) atoms. The third kappa shape index (κ3) is 4.84. The number of methoxy groups -OCH3 is 2. The molecule has 1 heterocycles. The Balaban J connectivity index is 1.40. The number of aryl methyl sites for hydroxylation is 1. The Morgan fingerprint density at radius 1 is 1.00 bits per heavy atom. The summed E-state index contributed by atoms with van der Waals surface area (Å²) < 4.78 is 10.7. The summed E-state index contributed by atoms with van der Waals surface area (Å²) in [6.45, 7) is 2.39. The maximum absolute atomic E-state index is 12.7. The number of thiazole rings is 1. The van der Waals surface area contributed by atoms with Crippen molar-refractivity contribution in [3.05, 3.63) is 76.8 Å². The van der Waals surface area contributed by atoms with Crippen LogP contribution in [0, 0.1) is 6.92 Å². The molecule has 0 aliphatic carbocycles. The van der Waals surface area contributed by atoms with Crippen LogP contribution < -0.4 is 20.1 Å². The van der Waals surface area contributed by atoms with Crippen molar-refractivity contribution in [2.75, 3.05) is 26.1 Å². The zero-order chi connectivity index (χ0) is 22.5. The number of hydrogen-bond donors (Lipinski definition) is 2. The van der Waals surface area contributed by atoms with Crippen LogP contribution in [0.3, 0.4) is 0 Å². The molecule has 6 nitrogen and oxygen atoms in total. The van der Waals surface area contributed by atoms with Crippen LogP contribution in [0.5, 0.6) is 11.5 Å². The molecule has 0 saturated carbocycles. The predicted molar refractivity (Wildman–Crippen MR) is 130 cm³/mol. The van der Waals surface area contributed by atoms with Gasteiger partial charge in [0.2, 0.25) is 0 Å². The van der Waals surface area contributed by atoms with Crippen LogP contribution >= 0.6 is 11.3 Å². The molecule has 3 aromatic carbocycles. The number of carbonyl (C=O) groups excluding carboxylic acids is 1. The molecule has 164 valence electrons. The van der Waals surface area contributed by atoms with Gasteiger partial charge in [0.15, 0.2) is 5.13 Å². The largest absolute Gasteiger partial charge is 0.497 e. The minimum atomic E-state index is -0.119. The smallest absolute Gasteiger partial charge is 0.263 e. The van der Waals surface area contributed by atoms with Crippen LogP contribution in [0.25, 0.3) is 10.8 Å². The lowest BCUT2D eigenvalue weighted by molar-refractivity contribution is 0.0957. The number of anilines is 2. The van der Waals surface area contributed by atoms with Crippen LogP contribution in [0.15, 0.2) is 60.7 Å². The third-order valence-electron chi connectivity index (χ3n) is 5.16. The number of nitrogens with zero attached hydrogens (tertiary/aromatic N) is 1. The molecule has 0 spiro atoms. The van der Waals surface area contributed by atoms with Crippen molar-refractivity contribution in [3.8, 4) is 11.5 Å². The Kier molecular flexibility index (Phi) is 6.56. The van der Waals surface area contributed by atoms with E-state index >= 15 is 0 Å². The average molecular weight is 448 g/mol. The first-order valence-corrected chi connectivity index (χ1v) is 11.1. The average Bonchev–Trinajstić information content (AvgIpc) is 3.18. The molecule has 0 atom stereocenters. The van der Waals surface area contributed by atoms with E-state index in [0.29, 0.717) is 33.7 Å². The van der Waals surface area contributed by atoms with Gasteiger partial charge < -0.3 is 20.1 Å². The van der Waals surface area contributed by atoms with Gasteiger partial charge in [0.1, 0.15) is 16.4 Å². The van der Waals surface area contributed by atoms with Gasteiger partial charge in [-0.15, -0.1) is 0 Å². The lowest BCUT2D eigenvalue weighted by Crippen LogP contribution is -2.25. The second-order valence-corrected chi connectivity index (χ2v) is 8.31. The summed E-state index contributed by atoms with van der Waals surface area (Å²) in [7, 11) is 3.22. The first-order chi connectivity index (χ1) is 15.6. The van der Waals surface area contributed by atoms with E-state index in [2.05, 4.69) is 45.9 Å². The molecular formula is C25H25N3O3S. The highest BCUT2D eigenvalue weighted by molar-refractivity contribution is 7.17. The SMILES string of the molecule is COc1ccc(OC)c(Nc2nc(C)c(C(=O)NCCc3ccc4ccccc4c3)s2)c1. The number of amides is 1. The van der Waals surface area contributed by atoms with Crippen molar-refractivity contribution in [3.63, 3.8) is 0 Å². The number of benzene rings is 3. The molecule has 7 heteroatoms. The van der Waals surface area contributed by atoms with Gasteiger partial charge in [-0.2, -0.15) is 0 Å². The number of aromatic nitrogens is 1. The van der Waals surface area contributed by atoms with E-state index in [0.717, 1.165) is 12.1 Å². The number of ether oxygens (including phenoxy) is 2. The molecule has 0 unspecified atom stereocenters. The fraction of sp³-hybridized carbons (Fsp3) is 0.200. The lowest BCUT2D eigenvalue weighted by Gasteiger charge is -2.10. The molecule has 0 bridgehead atoms. The quantitative estimate of drug-likeness (QED) is 0.382. The fourth-order valence-electron chi connectivity index (χ4n) is 3.48. The van der Waals surface area contributed by atoms with Crippen LogP contribution in [0.2, 0.25) is 0 Å². The highest BCUT2D eigenvalue weighted by Gasteiger charge is 2.16. The summed E-state index contributed by atoms with van der Waals surface area (Å²) >= 11 is 1.31. The van der Waals surface area contributed by atoms with Crippen LogP contribution in [0.4, 0.5) is 10.8 Å².